The van der Waals surface area contributed by atoms with E-state index in [0.717, 1.165) is 6.42 Å². The summed E-state index contributed by atoms with van der Waals surface area (Å²) >= 11 is 0. The number of esters is 1. The van der Waals surface area contributed by atoms with E-state index in [1.807, 2.05) is 0 Å². The molecule has 82 valence electrons. The number of rotatable bonds is 4. The van der Waals surface area contributed by atoms with Gasteiger partial charge in [-0.1, -0.05) is 26.2 Å². The molecule has 1 fully saturated rings. The predicted molar refractivity (Wildman–Crippen MR) is 57.0 cm³/mol. The van der Waals surface area contributed by atoms with Crippen molar-refractivity contribution in [3.05, 3.63) is 0 Å². The summed E-state index contributed by atoms with van der Waals surface area (Å²) in [6, 6.07) is 0. The Morgan fingerprint density at radius 2 is 2.07 bits per heavy atom. The van der Waals surface area contributed by atoms with Gasteiger partial charge in [0.15, 0.2) is 0 Å². The van der Waals surface area contributed by atoms with E-state index in [4.69, 9.17) is 4.74 Å². The second-order valence-corrected chi connectivity index (χ2v) is 4.33. The lowest BCUT2D eigenvalue weighted by atomic mass is 9.83. The van der Waals surface area contributed by atoms with Gasteiger partial charge in [-0.25, -0.2) is 0 Å². The van der Waals surface area contributed by atoms with Crippen LogP contribution in [0.3, 0.4) is 0 Å². The highest BCUT2D eigenvalue weighted by atomic mass is 16.5. The second kappa shape index (κ2) is 6.05. The number of hydrogen-bond acceptors (Lipinski definition) is 2. The van der Waals surface area contributed by atoms with Gasteiger partial charge in [0.2, 0.25) is 0 Å². The molecule has 2 unspecified atom stereocenters. The van der Waals surface area contributed by atoms with Crippen molar-refractivity contribution in [3.8, 4) is 0 Å². The molecule has 1 aliphatic carbocycles. The van der Waals surface area contributed by atoms with Gasteiger partial charge in [0.05, 0.1) is 0 Å². The molecule has 1 saturated carbocycles. The van der Waals surface area contributed by atoms with Crippen LogP contribution in [-0.2, 0) is 9.53 Å². The monoisotopic (exact) mass is 198 g/mol. The van der Waals surface area contributed by atoms with Crippen molar-refractivity contribution >= 4 is 5.97 Å². The first-order valence-electron chi connectivity index (χ1n) is 5.91. The molecule has 0 spiro atoms. The number of unbranched alkanes of at least 4 members (excludes halogenated alkanes) is 1. The zero-order valence-corrected chi connectivity index (χ0v) is 9.42. The zero-order chi connectivity index (χ0) is 10.4. The maximum atomic E-state index is 10.9. The average molecular weight is 198 g/mol. The Morgan fingerprint density at radius 3 is 2.71 bits per heavy atom. The Balaban J connectivity index is 2.37. The number of hydrogen-bond donors (Lipinski definition) is 0. The van der Waals surface area contributed by atoms with E-state index in [-0.39, 0.29) is 12.1 Å². The molecule has 2 atom stereocenters. The SMILES string of the molecule is CCCCC1CCCCC1OC(C)=O. The Kier molecular flexibility index (Phi) is 4.99. The van der Waals surface area contributed by atoms with Crippen LogP contribution in [0.2, 0.25) is 0 Å². The first kappa shape index (κ1) is 11.5. The third kappa shape index (κ3) is 3.69. The molecular weight excluding hydrogens is 176 g/mol. The fourth-order valence-corrected chi connectivity index (χ4v) is 2.34. The largest absolute Gasteiger partial charge is 0.462 e. The lowest BCUT2D eigenvalue weighted by Crippen LogP contribution is -2.29. The van der Waals surface area contributed by atoms with Crippen LogP contribution in [0.4, 0.5) is 0 Å². The van der Waals surface area contributed by atoms with Gasteiger partial charge >= 0.3 is 5.97 Å². The van der Waals surface area contributed by atoms with Gasteiger partial charge in [-0.2, -0.15) is 0 Å². The third-order valence-corrected chi connectivity index (χ3v) is 3.09. The summed E-state index contributed by atoms with van der Waals surface area (Å²) in [5.41, 5.74) is 0. The minimum absolute atomic E-state index is 0.113. The summed E-state index contributed by atoms with van der Waals surface area (Å²) in [7, 11) is 0. The highest BCUT2D eigenvalue weighted by molar-refractivity contribution is 5.66. The fourth-order valence-electron chi connectivity index (χ4n) is 2.34. The Labute approximate surface area is 87.0 Å². The van der Waals surface area contributed by atoms with E-state index >= 15 is 0 Å². The Morgan fingerprint density at radius 1 is 1.36 bits per heavy atom. The molecule has 0 radical (unpaired) electrons. The first-order chi connectivity index (χ1) is 6.74. The van der Waals surface area contributed by atoms with E-state index in [1.165, 1.54) is 45.4 Å². The minimum atomic E-state index is -0.113. The summed E-state index contributed by atoms with van der Waals surface area (Å²) < 4.78 is 5.36. The number of ether oxygens (including phenoxy) is 1. The van der Waals surface area contributed by atoms with Gasteiger partial charge in [-0.3, -0.25) is 4.79 Å². The smallest absolute Gasteiger partial charge is 0.302 e. The fraction of sp³-hybridized carbons (Fsp3) is 0.917. The van der Waals surface area contributed by atoms with Crippen molar-refractivity contribution in [1.29, 1.82) is 0 Å². The maximum absolute atomic E-state index is 10.9. The molecule has 2 nitrogen and oxygen atoms in total. The molecule has 0 heterocycles. The van der Waals surface area contributed by atoms with Gasteiger partial charge in [-0.15, -0.1) is 0 Å². The normalized spacial score (nSPS) is 27.3. The van der Waals surface area contributed by atoms with Crippen molar-refractivity contribution in [2.75, 3.05) is 0 Å². The lowest BCUT2D eigenvalue weighted by molar-refractivity contribution is -0.151. The quantitative estimate of drug-likeness (QED) is 0.648. The van der Waals surface area contributed by atoms with E-state index in [1.54, 1.807) is 0 Å². The van der Waals surface area contributed by atoms with E-state index in [2.05, 4.69) is 6.92 Å². The average Bonchev–Trinajstić information content (AvgIpc) is 2.16. The van der Waals surface area contributed by atoms with E-state index in [0.29, 0.717) is 5.92 Å². The van der Waals surface area contributed by atoms with Crippen LogP contribution in [0, 0.1) is 5.92 Å². The van der Waals surface area contributed by atoms with Crippen LogP contribution >= 0.6 is 0 Å². The molecule has 0 amide bonds. The van der Waals surface area contributed by atoms with E-state index in [9.17, 15) is 4.79 Å². The molecule has 0 aromatic carbocycles. The summed E-state index contributed by atoms with van der Waals surface area (Å²) in [6.07, 6.45) is 8.81. The van der Waals surface area contributed by atoms with Crippen LogP contribution in [-0.4, -0.2) is 12.1 Å². The highest BCUT2D eigenvalue weighted by Gasteiger charge is 2.26. The molecule has 0 aromatic heterocycles. The van der Waals surface area contributed by atoms with Gasteiger partial charge < -0.3 is 4.74 Å². The molecular formula is C12H22O2. The standard InChI is InChI=1S/C12H22O2/c1-3-4-7-11-8-5-6-9-12(11)14-10(2)13/h11-12H,3-9H2,1-2H3. The Bertz CT molecular complexity index is 177. The van der Waals surface area contributed by atoms with Crippen molar-refractivity contribution in [2.45, 2.75) is 64.9 Å². The summed E-state index contributed by atoms with van der Waals surface area (Å²) in [6.45, 7) is 3.73. The lowest BCUT2D eigenvalue weighted by Gasteiger charge is -2.30. The number of carbonyl (C=O) groups excluding carboxylic acids is 1. The highest BCUT2D eigenvalue weighted by Crippen LogP contribution is 2.30. The number of carbonyl (C=O) groups is 1. The molecule has 1 rings (SSSR count). The maximum Gasteiger partial charge on any atom is 0.302 e. The van der Waals surface area contributed by atoms with Crippen LogP contribution in [0.25, 0.3) is 0 Å². The first-order valence-corrected chi connectivity index (χ1v) is 5.91. The topological polar surface area (TPSA) is 26.3 Å². The molecule has 14 heavy (non-hydrogen) atoms. The molecule has 0 bridgehead atoms. The van der Waals surface area contributed by atoms with Crippen LogP contribution < -0.4 is 0 Å². The predicted octanol–water partition coefficient (Wildman–Crippen LogP) is 3.30. The van der Waals surface area contributed by atoms with Gasteiger partial charge in [0.1, 0.15) is 6.10 Å². The van der Waals surface area contributed by atoms with Gasteiger partial charge in [-0.05, 0) is 31.6 Å². The molecule has 0 aliphatic heterocycles. The summed E-state index contributed by atoms with van der Waals surface area (Å²) in [5, 5.41) is 0. The minimum Gasteiger partial charge on any atom is -0.462 e. The second-order valence-electron chi connectivity index (χ2n) is 4.33. The van der Waals surface area contributed by atoms with Crippen molar-refractivity contribution in [3.63, 3.8) is 0 Å². The van der Waals surface area contributed by atoms with Gasteiger partial charge in [0.25, 0.3) is 0 Å². The molecule has 1 aliphatic rings. The van der Waals surface area contributed by atoms with Crippen molar-refractivity contribution in [2.24, 2.45) is 5.92 Å². The zero-order valence-electron chi connectivity index (χ0n) is 9.42. The van der Waals surface area contributed by atoms with Crippen molar-refractivity contribution < 1.29 is 9.53 Å². The van der Waals surface area contributed by atoms with Crippen molar-refractivity contribution in [1.82, 2.24) is 0 Å². The molecule has 0 aromatic rings. The van der Waals surface area contributed by atoms with Gasteiger partial charge in [0, 0.05) is 6.92 Å². The molecule has 0 saturated heterocycles. The summed E-state index contributed by atoms with van der Waals surface area (Å²) in [5.74, 6) is 0.519. The van der Waals surface area contributed by atoms with Crippen LogP contribution in [0.15, 0.2) is 0 Å². The molecule has 2 heteroatoms. The Hall–Kier alpha value is -0.530. The van der Waals surface area contributed by atoms with Crippen LogP contribution in [0.1, 0.15) is 58.8 Å². The molecule has 0 N–H and O–H groups in total. The van der Waals surface area contributed by atoms with Crippen LogP contribution in [0.5, 0.6) is 0 Å². The third-order valence-electron chi connectivity index (χ3n) is 3.09. The summed E-state index contributed by atoms with van der Waals surface area (Å²) in [4.78, 5) is 10.9. The van der Waals surface area contributed by atoms with E-state index < -0.39 is 0 Å².